The van der Waals surface area contributed by atoms with Gasteiger partial charge in [-0.3, -0.25) is 4.79 Å². The van der Waals surface area contributed by atoms with Crippen molar-refractivity contribution in [3.8, 4) is 0 Å². The van der Waals surface area contributed by atoms with Crippen molar-refractivity contribution in [2.24, 2.45) is 0 Å². The van der Waals surface area contributed by atoms with E-state index >= 15 is 0 Å². The summed E-state index contributed by atoms with van der Waals surface area (Å²) in [6.45, 7) is 3.21. The van der Waals surface area contributed by atoms with E-state index in [4.69, 9.17) is 4.52 Å². The van der Waals surface area contributed by atoms with E-state index < -0.39 is 17.5 Å². The summed E-state index contributed by atoms with van der Waals surface area (Å²) in [5, 5.41) is 8.70. The Kier molecular flexibility index (Phi) is 4.46. The molecule has 0 aliphatic carbocycles. The zero-order valence-corrected chi connectivity index (χ0v) is 11.5. The number of carbonyl (C=O) groups excluding carboxylic acids is 1. The van der Waals surface area contributed by atoms with Crippen LogP contribution in [0.1, 0.15) is 25.6 Å². The topological polar surface area (TPSA) is 80.0 Å². The van der Waals surface area contributed by atoms with Gasteiger partial charge in [0.25, 0.3) is 0 Å². The molecular weight excluding hydrogens is 282 g/mol. The monoisotopic (exact) mass is 296 g/mol. The minimum absolute atomic E-state index is 0.0244. The predicted molar refractivity (Wildman–Crippen MR) is 71.7 cm³/mol. The molecule has 0 radical (unpaired) electrons. The maximum Gasteiger partial charge on any atom is 0.245 e. The molecule has 2 rings (SSSR count). The van der Waals surface area contributed by atoms with Crippen LogP contribution in [0.15, 0.2) is 16.7 Å². The van der Waals surface area contributed by atoms with Gasteiger partial charge in [-0.1, -0.05) is 12.1 Å². The van der Waals surface area contributed by atoms with E-state index in [0.717, 1.165) is 0 Å². The van der Waals surface area contributed by atoms with Crippen LogP contribution in [0.4, 0.5) is 20.2 Å². The van der Waals surface area contributed by atoms with Crippen LogP contribution in [0, 0.1) is 11.6 Å². The van der Waals surface area contributed by atoms with Gasteiger partial charge in [-0.15, -0.1) is 0 Å². The molecule has 0 bridgehead atoms. The molecule has 1 aromatic heterocycles. The summed E-state index contributed by atoms with van der Waals surface area (Å²) in [5.74, 6) is -1.24. The van der Waals surface area contributed by atoms with Crippen LogP contribution in [0.3, 0.4) is 0 Å². The van der Waals surface area contributed by atoms with Gasteiger partial charge < -0.3 is 15.2 Å². The molecule has 0 atom stereocenters. The molecule has 21 heavy (non-hydrogen) atoms. The van der Waals surface area contributed by atoms with Gasteiger partial charge in [0.2, 0.25) is 11.8 Å². The highest BCUT2D eigenvalue weighted by Gasteiger charge is 2.12. The maximum absolute atomic E-state index is 13.7. The summed E-state index contributed by atoms with van der Waals surface area (Å²) < 4.78 is 32.1. The number of carbonyl (C=O) groups is 1. The van der Waals surface area contributed by atoms with Crippen LogP contribution >= 0.6 is 0 Å². The standard InChI is InChI=1S/C13H14F2N4O2/c1-3-12-18-13(21-19-12)6-16-10-5-11(17-7(2)20)9(15)4-8(10)14/h4-5,16H,3,6H2,1-2H3,(H,17,20). The number of nitrogens with zero attached hydrogens (tertiary/aromatic N) is 2. The molecule has 0 saturated heterocycles. The van der Waals surface area contributed by atoms with Gasteiger partial charge in [-0.25, -0.2) is 8.78 Å². The smallest absolute Gasteiger partial charge is 0.245 e. The molecule has 112 valence electrons. The van der Waals surface area contributed by atoms with E-state index in [1.807, 2.05) is 6.92 Å². The minimum Gasteiger partial charge on any atom is -0.374 e. The average Bonchev–Trinajstić information content (AvgIpc) is 2.88. The van der Waals surface area contributed by atoms with Crippen molar-refractivity contribution in [1.29, 1.82) is 0 Å². The maximum atomic E-state index is 13.7. The number of hydrogen-bond acceptors (Lipinski definition) is 5. The highest BCUT2D eigenvalue weighted by atomic mass is 19.1. The van der Waals surface area contributed by atoms with E-state index in [2.05, 4.69) is 20.8 Å². The Labute approximate surface area is 119 Å². The number of aromatic nitrogens is 2. The quantitative estimate of drug-likeness (QED) is 0.886. The zero-order chi connectivity index (χ0) is 15.4. The fourth-order valence-electron chi connectivity index (χ4n) is 1.65. The Morgan fingerprint density at radius 2 is 2.00 bits per heavy atom. The number of halogens is 2. The molecule has 0 spiro atoms. The van der Waals surface area contributed by atoms with Crippen LogP contribution in [0.2, 0.25) is 0 Å². The van der Waals surface area contributed by atoms with Gasteiger partial charge in [-0.05, 0) is 6.07 Å². The second-order valence-corrected chi connectivity index (χ2v) is 4.30. The highest BCUT2D eigenvalue weighted by molar-refractivity contribution is 5.89. The molecule has 2 N–H and O–H groups in total. The molecule has 6 nitrogen and oxygen atoms in total. The number of aryl methyl sites for hydroxylation is 1. The predicted octanol–water partition coefficient (Wildman–Crippen LogP) is 2.48. The molecule has 1 heterocycles. The minimum atomic E-state index is -0.848. The van der Waals surface area contributed by atoms with E-state index in [1.165, 1.54) is 13.0 Å². The summed E-state index contributed by atoms with van der Waals surface area (Å²) in [6, 6.07) is 1.86. The van der Waals surface area contributed by atoms with E-state index in [1.54, 1.807) is 0 Å². The van der Waals surface area contributed by atoms with Crippen molar-refractivity contribution < 1.29 is 18.1 Å². The van der Waals surface area contributed by atoms with Crippen molar-refractivity contribution in [1.82, 2.24) is 10.1 Å². The second kappa shape index (κ2) is 6.29. The van der Waals surface area contributed by atoms with Crippen molar-refractivity contribution in [3.63, 3.8) is 0 Å². The van der Waals surface area contributed by atoms with Crippen LogP contribution < -0.4 is 10.6 Å². The van der Waals surface area contributed by atoms with E-state index in [9.17, 15) is 13.6 Å². The Morgan fingerprint density at radius 1 is 1.29 bits per heavy atom. The first kappa shape index (κ1) is 14.9. The lowest BCUT2D eigenvalue weighted by molar-refractivity contribution is -0.114. The van der Waals surface area contributed by atoms with Gasteiger partial charge in [0, 0.05) is 19.4 Å². The molecule has 2 aromatic rings. The number of nitrogens with one attached hydrogen (secondary N) is 2. The molecule has 0 saturated carbocycles. The summed E-state index contributed by atoms with van der Waals surface area (Å²) in [7, 11) is 0. The fraction of sp³-hybridized carbons (Fsp3) is 0.308. The van der Waals surface area contributed by atoms with Crippen molar-refractivity contribution in [2.75, 3.05) is 10.6 Å². The summed E-state index contributed by atoms with van der Waals surface area (Å²) in [4.78, 5) is 15.0. The second-order valence-electron chi connectivity index (χ2n) is 4.30. The third kappa shape index (κ3) is 3.74. The molecule has 8 heteroatoms. The first-order valence-corrected chi connectivity index (χ1v) is 6.31. The number of rotatable bonds is 5. The SMILES string of the molecule is CCc1noc(CNc2cc(NC(C)=O)c(F)cc2F)n1. The first-order valence-electron chi connectivity index (χ1n) is 6.31. The van der Waals surface area contributed by atoms with Crippen molar-refractivity contribution in [2.45, 2.75) is 26.8 Å². The largest absolute Gasteiger partial charge is 0.374 e. The third-order valence-corrected chi connectivity index (χ3v) is 2.62. The summed E-state index contributed by atoms with van der Waals surface area (Å²) >= 11 is 0. The van der Waals surface area contributed by atoms with Crippen molar-refractivity contribution >= 4 is 17.3 Å². The number of benzene rings is 1. The van der Waals surface area contributed by atoms with Gasteiger partial charge >= 0.3 is 0 Å². The fourth-order valence-corrected chi connectivity index (χ4v) is 1.65. The molecular formula is C13H14F2N4O2. The lowest BCUT2D eigenvalue weighted by atomic mass is 10.2. The first-order chi connectivity index (χ1) is 9.99. The van der Waals surface area contributed by atoms with Crippen LogP contribution in [-0.4, -0.2) is 16.0 Å². The third-order valence-electron chi connectivity index (χ3n) is 2.62. The average molecular weight is 296 g/mol. The Bertz CT molecular complexity index is 658. The van der Waals surface area contributed by atoms with Crippen LogP contribution in [0.25, 0.3) is 0 Å². The normalized spacial score (nSPS) is 10.5. The summed E-state index contributed by atoms with van der Waals surface area (Å²) in [5.41, 5.74) is -0.0809. The number of anilines is 2. The highest BCUT2D eigenvalue weighted by Crippen LogP contribution is 2.23. The van der Waals surface area contributed by atoms with Crippen LogP contribution in [0.5, 0.6) is 0 Å². The zero-order valence-electron chi connectivity index (χ0n) is 11.5. The Morgan fingerprint density at radius 3 is 2.62 bits per heavy atom. The lowest BCUT2D eigenvalue weighted by Gasteiger charge is -2.09. The molecule has 0 aliphatic heterocycles. The van der Waals surface area contributed by atoms with Gasteiger partial charge in [0.15, 0.2) is 5.82 Å². The molecule has 1 aromatic carbocycles. The van der Waals surface area contributed by atoms with E-state index in [0.29, 0.717) is 18.3 Å². The van der Waals surface area contributed by atoms with Gasteiger partial charge in [-0.2, -0.15) is 4.98 Å². The van der Waals surface area contributed by atoms with Crippen molar-refractivity contribution in [3.05, 3.63) is 35.5 Å². The molecule has 0 unspecified atom stereocenters. The Balaban J connectivity index is 2.13. The molecule has 0 fully saturated rings. The molecule has 0 aliphatic rings. The molecule has 1 amide bonds. The number of amides is 1. The number of hydrogen-bond donors (Lipinski definition) is 2. The van der Waals surface area contributed by atoms with Crippen LogP contribution in [-0.2, 0) is 17.8 Å². The van der Waals surface area contributed by atoms with Gasteiger partial charge in [0.05, 0.1) is 17.9 Å². The van der Waals surface area contributed by atoms with Gasteiger partial charge in [0.1, 0.15) is 11.6 Å². The van der Waals surface area contributed by atoms with E-state index in [-0.39, 0.29) is 23.8 Å². The lowest BCUT2D eigenvalue weighted by Crippen LogP contribution is -2.09. The summed E-state index contributed by atoms with van der Waals surface area (Å²) in [6.07, 6.45) is 0.626. The Hall–Kier alpha value is -2.51.